The van der Waals surface area contributed by atoms with Crippen LogP contribution in [0.15, 0.2) is 36.7 Å². The van der Waals surface area contributed by atoms with Crippen LogP contribution < -0.4 is 15.3 Å². The van der Waals surface area contributed by atoms with Gasteiger partial charge in [-0.3, -0.25) is 13.9 Å². The third kappa shape index (κ3) is 4.98. The molecule has 1 aliphatic rings. The fourth-order valence-corrected chi connectivity index (χ4v) is 4.81. The number of aliphatic carboxylic acids is 1. The van der Waals surface area contributed by atoms with Crippen molar-refractivity contribution in [2.75, 3.05) is 18.9 Å². The third-order valence-corrected chi connectivity index (χ3v) is 6.61. The van der Waals surface area contributed by atoms with E-state index in [1.807, 2.05) is 0 Å². The zero-order valence-electron chi connectivity index (χ0n) is 17.3. The fourth-order valence-electron chi connectivity index (χ4n) is 3.27. The van der Waals surface area contributed by atoms with Crippen molar-refractivity contribution >= 4 is 42.3 Å². The minimum atomic E-state index is -4.21. The van der Waals surface area contributed by atoms with Crippen LogP contribution in [0, 0.1) is 0 Å². The number of hydrogen-bond acceptors (Lipinski definition) is 11. The van der Waals surface area contributed by atoms with Gasteiger partial charge in [0, 0.05) is 0 Å². The number of halogens is 1. The number of rotatable bonds is 9. The highest BCUT2D eigenvalue weighted by atomic mass is 35.5. The molecule has 3 aromatic rings. The Hall–Kier alpha value is -2.84. The molecular weight excluding hydrogens is 495 g/mol. The summed E-state index contributed by atoms with van der Waals surface area (Å²) >= 11 is 6.19. The molecule has 1 aliphatic heterocycles. The highest BCUT2D eigenvalue weighted by Gasteiger charge is 2.46. The maximum Gasteiger partial charge on any atom is 0.459 e. The highest BCUT2D eigenvalue weighted by Crippen LogP contribution is 2.45. The lowest BCUT2D eigenvalue weighted by atomic mass is 10.1. The Morgan fingerprint density at radius 3 is 2.71 bits per heavy atom. The monoisotopic (exact) mass is 514 g/mol. The first-order valence-corrected chi connectivity index (χ1v) is 11.7. The van der Waals surface area contributed by atoms with Crippen molar-refractivity contribution in [2.24, 2.45) is 0 Å². The number of nitrogens with zero attached hydrogens (tertiary/aromatic N) is 4. The van der Waals surface area contributed by atoms with Crippen molar-refractivity contribution in [3.8, 4) is 5.75 Å². The Morgan fingerprint density at radius 2 is 2.00 bits per heavy atom. The summed E-state index contributed by atoms with van der Waals surface area (Å²) in [6.45, 7) is -1.26. The van der Waals surface area contributed by atoms with Crippen LogP contribution in [-0.4, -0.2) is 72.3 Å². The van der Waals surface area contributed by atoms with Crippen LogP contribution in [0.1, 0.15) is 6.23 Å². The molecule has 1 unspecified atom stereocenters. The van der Waals surface area contributed by atoms with Gasteiger partial charge in [0.05, 0.1) is 6.61 Å². The Labute approximate surface area is 196 Å². The van der Waals surface area contributed by atoms with E-state index in [9.17, 15) is 19.6 Å². The lowest BCUT2D eigenvalue weighted by Gasteiger charge is -2.22. The summed E-state index contributed by atoms with van der Waals surface area (Å²) in [5.74, 6) is -1.08. The molecule has 1 aromatic carbocycles. The van der Waals surface area contributed by atoms with Gasteiger partial charge in [-0.05, 0) is 23.7 Å². The van der Waals surface area contributed by atoms with Crippen molar-refractivity contribution in [3.63, 3.8) is 0 Å². The molecule has 0 bridgehead atoms. The molecule has 0 aliphatic carbocycles. The van der Waals surface area contributed by atoms with Crippen molar-refractivity contribution in [1.29, 1.82) is 0 Å². The number of para-hydroxylation sites is 1. The summed E-state index contributed by atoms with van der Waals surface area (Å²) in [6, 6.07) is 7.95. The summed E-state index contributed by atoms with van der Waals surface area (Å²) in [5.41, 5.74) is 6.12. The van der Waals surface area contributed by atoms with Gasteiger partial charge in [0.15, 0.2) is 23.2 Å². The molecule has 0 radical (unpaired) electrons. The largest absolute Gasteiger partial charge is 0.480 e. The molecule has 5 atom stereocenters. The first-order valence-electron chi connectivity index (χ1n) is 9.80. The molecule has 0 spiro atoms. The van der Waals surface area contributed by atoms with Gasteiger partial charge in [-0.25, -0.2) is 24.6 Å². The van der Waals surface area contributed by atoms with Gasteiger partial charge in [0.1, 0.15) is 36.9 Å². The number of aromatic nitrogens is 4. The van der Waals surface area contributed by atoms with Gasteiger partial charge >= 0.3 is 13.7 Å². The number of imidazole rings is 1. The molecule has 182 valence electrons. The Bertz CT molecular complexity index is 1230. The third-order valence-electron chi connectivity index (χ3n) is 4.86. The molecule has 6 N–H and O–H groups in total. The number of ether oxygens (including phenoxy) is 1. The number of aliphatic hydroxyl groups is 2. The Morgan fingerprint density at radius 1 is 1.26 bits per heavy atom. The molecule has 34 heavy (non-hydrogen) atoms. The summed E-state index contributed by atoms with van der Waals surface area (Å²) in [4.78, 5) is 22.9. The van der Waals surface area contributed by atoms with Gasteiger partial charge in [-0.1, -0.05) is 18.2 Å². The van der Waals surface area contributed by atoms with Crippen LogP contribution >= 0.6 is 19.3 Å². The number of carbonyl (C=O) groups is 1. The van der Waals surface area contributed by atoms with E-state index < -0.39 is 51.4 Å². The minimum Gasteiger partial charge on any atom is -0.480 e. The molecular formula is C18H20ClN6O8P. The van der Waals surface area contributed by atoms with Gasteiger partial charge in [-0.15, -0.1) is 0 Å². The first kappa shape index (κ1) is 24.3. The van der Waals surface area contributed by atoms with Crippen LogP contribution in [0.5, 0.6) is 5.75 Å². The maximum absolute atomic E-state index is 13.1. The smallest absolute Gasteiger partial charge is 0.459 e. The predicted molar refractivity (Wildman–Crippen MR) is 117 cm³/mol. The highest BCUT2D eigenvalue weighted by molar-refractivity contribution is 7.52. The van der Waals surface area contributed by atoms with E-state index in [1.165, 1.54) is 23.0 Å². The molecule has 2 aromatic heterocycles. The fraction of sp³-hybridized carbons (Fsp3) is 0.333. The average Bonchev–Trinajstić information content (AvgIpc) is 3.28. The van der Waals surface area contributed by atoms with E-state index >= 15 is 0 Å². The van der Waals surface area contributed by atoms with Gasteiger partial charge in [0.25, 0.3) is 0 Å². The number of carboxylic acids is 1. The predicted octanol–water partition coefficient (Wildman–Crippen LogP) is 0.559. The van der Waals surface area contributed by atoms with Crippen molar-refractivity contribution in [1.82, 2.24) is 24.6 Å². The van der Waals surface area contributed by atoms with E-state index in [0.29, 0.717) is 0 Å². The Balaban J connectivity index is 1.52. The van der Waals surface area contributed by atoms with Gasteiger partial charge < -0.3 is 30.3 Å². The van der Waals surface area contributed by atoms with Crippen LogP contribution in [0.4, 0.5) is 5.82 Å². The average molecular weight is 515 g/mol. The number of nitrogens with one attached hydrogen (secondary N) is 1. The SMILES string of the molecule is Nc1ncnc2c1nc(Cl)n2[C@@H]1O[C@H](COP(=O)(NCC(=O)O)Oc2ccccc2)[C@@H](O)[C@H]1O. The van der Waals surface area contributed by atoms with Crippen LogP contribution in [0.3, 0.4) is 0 Å². The molecule has 1 fully saturated rings. The molecule has 16 heteroatoms. The second-order valence-corrected chi connectivity index (χ2v) is 9.24. The number of benzene rings is 1. The summed E-state index contributed by atoms with van der Waals surface area (Å²) in [5, 5.41) is 32.1. The van der Waals surface area contributed by atoms with Crippen molar-refractivity contribution in [3.05, 3.63) is 41.9 Å². The lowest BCUT2D eigenvalue weighted by Crippen LogP contribution is -2.34. The second kappa shape index (κ2) is 9.80. The number of nitrogens with two attached hydrogens (primary N) is 1. The summed E-state index contributed by atoms with van der Waals surface area (Å²) in [6.07, 6.45) is -4.26. The summed E-state index contributed by atoms with van der Waals surface area (Å²) < 4.78 is 30.8. The topological polar surface area (TPSA) is 204 Å². The number of anilines is 1. The number of fused-ring (bicyclic) bond motifs is 1. The molecule has 3 heterocycles. The first-order chi connectivity index (χ1) is 16.2. The van der Waals surface area contributed by atoms with Crippen LogP contribution in [-0.2, 0) is 18.6 Å². The number of hydrogen-bond donors (Lipinski definition) is 5. The zero-order valence-corrected chi connectivity index (χ0v) is 18.9. The van der Waals surface area contributed by atoms with E-state index in [4.69, 9.17) is 36.2 Å². The quantitative estimate of drug-likeness (QED) is 0.196. The maximum atomic E-state index is 13.1. The van der Waals surface area contributed by atoms with Crippen molar-refractivity contribution < 1.29 is 38.5 Å². The molecule has 4 rings (SSSR count). The van der Waals surface area contributed by atoms with E-state index in [-0.39, 0.29) is 28.0 Å². The van der Waals surface area contributed by atoms with Gasteiger partial charge in [-0.2, -0.15) is 0 Å². The Kier molecular flexibility index (Phi) is 7.00. The standard InChI is InChI=1S/C18H20ClN6O8P/c19-18-24-12-15(20)21-8-22-16(12)25(18)17-14(29)13(28)10(32-17)7-31-34(30,23-6-11(26)27)33-9-4-2-1-3-5-9/h1-5,8,10,13-14,17,28-29H,6-7H2,(H,23,30)(H,26,27)(H2,20,21,22)/t10-,13-,14-,17-,34?/m1/s1. The van der Waals surface area contributed by atoms with Crippen LogP contribution in [0.2, 0.25) is 5.28 Å². The van der Waals surface area contributed by atoms with E-state index in [2.05, 4.69) is 20.0 Å². The molecule has 0 amide bonds. The summed E-state index contributed by atoms with van der Waals surface area (Å²) in [7, 11) is -4.21. The zero-order chi connectivity index (χ0) is 24.5. The molecule has 1 saturated heterocycles. The molecule has 0 saturated carbocycles. The normalized spacial score (nSPS) is 24.2. The molecule has 14 nitrogen and oxygen atoms in total. The second-order valence-electron chi connectivity index (χ2n) is 7.15. The lowest BCUT2D eigenvalue weighted by molar-refractivity contribution is -0.135. The minimum absolute atomic E-state index is 0.0575. The van der Waals surface area contributed by atoms with Gasteiger partial charge in [0.2, 0.25) is 5.28 Å². The number of carboxylic acid groups (broad SMARTS) is 1. The van der Waals surface area contributed by atoms with Crippen molar-refractivity contribution in [2.45, 2.75) is 24.5 Å². The van der Waals surface area contributed by atoms with Crippen LogP contribution in [0.25, 0.3) is 11.2 Å². The van der Waals surface area contributed by atoms with E-state index in [1.54, 1.807) is 18.2 Å². The number of nitrogen functional groups attached to an aromatic ring is 1. The van der Waals surface area contributed by atoms with E-state index in [0.717, 1.165) is 0 Å². The number of aliphatic hydroxyl groups excluding tert-OH is 2.